The Labute approximate surface area is 161 Å². The molecule has 0 aliphatic carbocycles. The predicted octanol–water partition coefficient (Wildman–Crippen LogP) is -0.941. The molecule has 0 saturated heterocycles. The first kappa shape index (κ1) is 57.3. The van der Waals surface area contributed by atoms with E-state index in [0.29, 0.717) is 18.3 Å². The van der Waals surface area contributed by atoms with Crippen LogP contribution in [0.25, 0.3) is 0 Å². The largest absolute Gasteiger partial charge is 0 e. The summed E-state index contributed by atoms with van der Waals surface area (Å²) in [6.45, 7) is 27.8. The minimum absolute atomic E-state index is 0. The van der Waals surface area contributed by atoms with Crippen LogP contribution in [-0.4, -0.2) is 34.9 Å². The van der Waals surface area contributed by atoms with Crippen molar-refractivity contribution in [2.24, 2.45) is 0 Å². The van der Waals surface area contributed by atoms with E-state index in [0.717, 1.165) is 0 Å². The van der Waals surface area contributed by atoms with Crippen LogP contribution >= 0.6 is 0 Å². The van der Waals surface area contributed by atoms with E-state index in [-0.39, 0.29) is 40.7 Å². The van der Waals surface area contributed by atoms with E-state index in [9.17, 15) is 0 Å². The van der Waals surface area contributed by atoms with Crippen LogP contribution in [0.2, 0.25) is 0 Å². The van der Waals surface area contributed by atoms with Gasteiger partial charge in [0, 0.05) is 40.7 Å². The number of aliphatic hydroxyl groups is 1. The van der Waals surface area contributed by atoms with Crippen LogP contribution in [-0.2, 0) is 87.3 Å². The molecule has 0 unspecified atom stereocenters. The van der Waals surface area contributed by atoms with Gasteiger partial charge in [0.1, 0.15) is 0 Å². The molecule has 1 N–H and O–H groups in total. The summed E-state index contributed by atoms with van der Waals surface area (Å²) in [6.07, 6.45) is 0. The Bertz CT molecular complexity index is 194. The van der Waals surface area contributed by atoms with E-state index >= 15 is 0 Å². The Kier molecular flexibility index (Phi) is 441. The monoisotopic (exact) mass is 431 g/mol. The summed E-state index contributed by atoms with van der Waals surface area (Å²) in [4.78, 5) is 1.81. The average Bonchev–Trinajstić information content (AvgIpc) is 2.63. The molecule has 0 rings (SSSR count). The molecule has 0 amide bonds. The molecule has 0 aliphatic heterocycles. The van der Waals surface area contributed by atoms with Crippen molar-refractivity contribution in [3.05, 3.63) is 39.9 Å². The molecule has 126 valence electrons. The molecule has 0 atom stereocenters. The van der Waals surface area contributed by atoms with Crippen LogP contribution in [0.15, 0.2) is 0 Å². The third-order valence-corrected chi connectivity index (χ3v) is 1.51. The molecule has 0 aromatic rings. The summed E-state index contributed by atoms with van der Waals surface area (Å²) in [7, 11) is 0. The number of rotatable bonds is 4. The van der Waals surface area contributed by atoms with Crippen molar-refractivity contribution >= 4 is 25.3 Å². The first-order valence-corrected chi connectivity index (χ1v) is 4.72. The van der Waals surface area contributed by atoms with E-state index in [1.165, 1.54) is 0 Å². The number of nitrogens with zero attached hydrogens (tertiary/aromatic N) is 1. The van der Waals surface area contributed by atoms with Gasteiger partial charge in [-0.25, -0.2) is 0 Å². The van der Waals surface area contributed by atoms with Gasteiger partial charge < -0.3 is 35.3 Å². The molecule has 0 radical (unpaired) electrons. The Morgan fingerprint density at radius 2 is 0.818 bits per heavy atom. The van der Waals surface area contributed by atoms with Crippen molar-refractivity contribution in [3.8, 4) is 0 Å². The second-order valence-electron chi connectivity index (χ2n) is 1.38. The minimum Gasteiger partial charge on any atom is 0 e. The van der Waals surface area contributed by atoms with Crippen molar-refractivity contribution in [2.45, 2.75) is 0 Å². The molecule has 0 spiro atoms. The van der Waals surface area contributed by atoms with Crippen molar-refractivity contribution < 1.29 is 67.2 Å². The molecule has 0 aromatic heterocycles. The van der Waals surface area contributed by atoms with Gasteiger partial charge in [-0.2, -0.15) is 0 Å². The SMILES string of the molecule is OCCN(C[S-])C[S-].[C-]#[O+].[C-]#[O+].[C-]#[O+].[C-]#[O+].[C-]#[O+].[C-]#[O+].[Fe].[Fe]. The summed E-state index contributed by atoms with van der Waals surface area (Å²) < 4.78 is 45.0. The summed E-state index contributed by atoms with van der Waals surface area (Å²) in [6, 6.07) is 0. The number of aliphatic hydroxyl groups excluding tert-OH is 1. The molecule has 0 aromatic carbocycles. The molecular weight excluding hydrogens is 422 g/mol. The maximum absolute atomic E-state index is 8.36. The third-order valence-electron chi connectivity index (χ3n) is 0.781. The van der Waals surface area contributed by atoms with Gasteiger partial charge in [-0.15, -0.1) is 11.8 Å². The van der Waals surface area contributed by atoms with Crippen LogP contribution < -0.4 is 0 Å². The van der Waals surface area contributed by atoms with Crippen LogP contribution in [0.5, 0.6) is 0 Å². The van der Waals surface area contributed by atoms with E-state index < -0.39 is 0 Å². The topological polar surface area (TPSA) is 143 Å². The molecule has 12 heteroatoms. The minimum atomic E-state index is 0. The fraction of sp³-hybridized carbons (Fsp3) is 0.400. The molecular formula is C10H9Fe2NO7S2-2. The fourth-order valence-corrected chi connectivity index (χ4v) is 0.864. The van der Waals surface area contributed by atoms with E-state index in [4.69, 9.17) is 33.0 Å². The zero-order valence-electron chi connectivity index (χ0n) is 10.7. The van der Waals surface area contributed by atoms with Crippen LogP contribution in [0.4, 0.5) is 0 Å². The van der Waals surface area contributed by atoms with Gasteiger partial charge in [0.05, 0.1) is 6.61 Å². The maximum atomic E-state index is 8.36. The summed E-state index contributed by atoms with van der Waals surface area (Å²) in [5, 5.41) is 8.36. The molecule has 8 nitrogen and oxygen atoms in total. The predicted molar refractivity (Wildman–Crippen MR) is 61.8 cm³/mol. The third kappa shape index (κ3) is 145. The van der Waals surface area contributed by atoms with Gasteiger partial charge in [-0.1, -0.05) is 0 Å². The standard InChI is InChI=1S/C4H11NOS2.6CO.2Fe/c6-2-1-5(3-7)4-8;6*1-2;;/h6-8H,1-4H2;;;;;;;;/p-2. The quantitative estimate of drug-likeness (QED) is 0.265. The van der Waals surface area contributed by atoms with Gasteiger partial charge in [-0.3, -0.25) is 0 Å². The molecule has 22 heavy (non-hydrogen) atoms. The summed E-state index contributed by atoms with van der Waals surface area (Å²) in [5.41, 5.74) is 0. The second-order valence-corrected chi connectivity index (χ2v) is 1.89. The van der Waals surface area contributed by atoms with E-state index in [1.54, 1.807) is 0 Å². The van der Waals surface area contributed by atoms with Gasteiger partial charge in [0.15, 0.2) is 0 Å². The van der Waals surface area contributed by atoms with Crippen LogP contribution in [0.3, 0.4) is 0 Å². The van der Waals surface area contributed by atoms with Gasteiger partial charge in [0.2, 0.25) is 0 Å². The van der Waals surface area contributed by atoms with Crippen LogP contribution in [0, 0.1) is 39.9 Å². The van der Waals surface area contributed by atoms with E-state index in [2.05, 4.69) is 65.2 Å². The second kappa shape index (κ2) is 169. The fourth-order valence-electron chi connectivity index (χ4n) is 0.308. The van der Waals surface area contributed by atoms with Crippen LogP contribution in [0.1, 0.15) is 0 Å². The number of hydrogen-bond acceptors (Lipinski definition) is 4. The smallest absolute Gasteiger partial charge is 0 e. The molecule has 0 saturated carbocycles. The van der Waals surface area contributed by atoms with Gasteiger partial charge in [0.25, 0.3) is 0 Å². The number of hydrogen-bond donors (Lipinski definition) is 1. The van der Waals surface area contributed by atoms with E-state index in [1.807, 2.05) is 4.90 Å². The zero-order valence-corrected chi connectivity index (χ0v) is 14.5. The Hall–Kier alpha value is 0.0990. The Morgan fingerprint density at radius 1 is 0.636 bits per heavy atom. The van der Waals surface area contributed by atoms with Crippen molar-refractivity contribution in [2.75, 3.05) is 24.9 Å². The van der Waals surface area contributed by atoms with Gasteiger partial charge >= 0.3 is 67.8 Å². The zero-order chi connectivity index (χ0) is 18.4. The maximum Gasteiger partial charge on any atom is 0 e. The summed E-state index contributed by atoms with van der Waals surface area (Å²) in [5.74, 6) is 1.04. The first-order chi connectivity index (χ1) is 9.85. The van der Waals surface area contributed by atoms with Crippen molar-refractivity contribution in [1.82, 2.24) is 4.90 Å². The normalized spacial score (nSPS) is 4.36. The van der Waals surface area contributed by atoms with Crippen molar-refractivity contribution in [3.63, 3.8) is 0 Å². The molecule has 0 heterocycles. The summed E-state index contributed by atoms with van der Waals surface area (Å²) >= 11 is 9.37. The van der Waals surface area contributed by atoms with Crippen molar-refractivity contribution in [1.29, 1.82) is 0 Å². The first-order valence-electron chi connectivity index (χ1n) is 3.57. The Balaban J connectivity index is -0.0000000149. The molecule has 0 bridgehead atoms. The molecule has 0 aliphatic rings. The molecule has 0 fully saturated rings. The Morgan fingerprint density at radius 3 is 0.864 bits per heavy atom. The van der Waals surface area contributed by atoms with Gasteiger partial charge in [-0.05, 0) is 0 Å². The average molecular weight is 431 g/mol.